The van der Waals surface area contributed by atoms with Crippen molar-refractivity contribution in [2.75, 3.05) is 5.73 Å². The number of nitrogens with two attached hydrogens (primary N) is 1. The first-order valence-electron chi connectivity index (χ1n) is 11.3. The molecule has 0 spiro atoms. The SMILES string of the molecule is CC=c1cc(C(C)NC(=O)c2c(N)nn3cccnc23)n(CCc2ccccc2)c(=O)c1=C(C)Cl. The number of aromatic nitrogens is 4. The van der Waals surface area contributed by atoms with Crippen LogP contribution in [0.5, 0.6) is 0 Å². The fraction of sp³-hybridized carbons (Fsp3) is 0.231. The molecule has 1 aromatic carbocycles. The number of hydrogen-bond acceptors (Lipinski definition) is 5. The smallest absolute Gasteiger partial charge is 0.259 e. The van der Waals surface area contributed by atoms with Crippen LogP contribution in [0.3, 0.4) is 0 Å². The maximum absolute atomic E-state index is 13.6. The quantitative estimate of drug-likeness (QED) is 0.431. The molecule has 4 rings (SSSR count). The normalized spacial score (nSPS) is 13.7. The third-order valence-corrected chi connectivity index (χ3v) is 6.11. The fourth-order valence-electron chi connectivity index (χ4n) is 4.20. The summed E-state index contributed by atoms with van der Waals surface area (Å²) in [7, 11) is 0. The Morgan fingerprint density at radius 1 is 1.26 bits per heavy atom. The van der Waals surface area contributed by atoms with Crippen molar-refractivity contribution < 1.29 is 4.79 Å². The Morgan fingerprint density at radius 2 is 2.00 bits per heavy atom. The minimum atomic E-state index is -0.507. The van der Waals surface area contributed by atoms with Crippen molar-refractivity contribution in [3.8, 4) is 0 Å². The van der Waals surface area contributed by atoms with E-state index in [0.29, 0.717) is 39.8 Å². The maximum atomic E-state index is 13.6. The lowest BCUT2D eigenvalue weighted by Crippen LogP contribution is -2.48. The predicted molar refractivity (Wildman–Crippen MR) is 138 cm³/mol. The van der Waals surface area contributed by atoms with E-state index in [1.54, 1.807) is 30.0 Å². The van der Waals surface area contributed by atoms with E-state index >= 15 is 0 Å². The topological polar surface area (TPSA) is 107 Å². The average molecular weight is 491 g/mol. The Balaban J connectivity index is 1.76. The van der Waals surface area contributed by atoms with Crippen LogP contribution in [0.25, 0.3) is 16.8 Å². The molecule has 180 valence electrons. The molecule has 8 nitrogen and oxygen atoms in total. The van der Waals surface area contributed by atoms with Crippen LogP contribution >= 0.6 is 11.6 Å². The molecule has 1 atom stereocenters. The van der Waals surface area contributed by atoms with Crippen molar-refractivity contribution in [3.05, 3.63) is 92.5 Å². The number of fused-ring (bicyclic) bond motifs is 1. The third-order valence-electron chi connectivity index (χ3n) is 5.93. The number of nitrogens with zero attached hydrogens (tertiary/aromatic N) is 4. The number of aryl methyl sites for hydroxylation is 1. The number of nitrogens with one attached hydrogen (secondary N) is 1. The number of hydrogen-bond donors (Lipinski definition) is 2. The van der Waals surface area contributed by atoms with Crippen molar-refractivity contribution >= 4 is 40.1 Å². The van der Waals surface area contributed by atoms with Gasteiger partial charge in [-0.05, 0) is 50.1 Å². The highest BCUT2D eigenvalue weighted by molar-refractivity contribution is 6.44. The molecule has 0 radical (unpaired) electrons. The lowest BCUT2D eigenvalue weighted by Gasteiger charge is -2.20. The summed E-state index contributed by atoms with van der Waals surface area (Å²) in [5.41, 5.74) is 8.15. The molecule has 3 N–H and O–H groups in total. The van der Waals surface area contributed by atoms with Gasteiger partial charge in [0.2, 0.25) is 0 Å². The first-order chi connectivity index (χ1) is 16.8. The Labute approximate surface area is 207 Å². The predicted octanol–water partition coefficient (Wildman–Crippen LogP) is 2.37. The molecule has 0 saturated carbocycles. The van der Waals surface area contributed by atoms with E-state index in [0.717, 1.165) is 5.56 Å². The lowest BCUT2D eigenvalue weighted by molar-refractivity contribution is 0.0940. The van der Waals surface area contributed by atoms with Crippen molar-refractivity contribution in [2.24, 2.45) is 0 Å². The number of carbonyl (C=O) groups is 1. The summed E-state index contributed by atoms with van der Waals surface area (Å²) in [4.78, 5) is 31.0. The Kier molecular flexibility index (Phi) is 7.02. The van der Waals surface area contributed by atoms with E-state index in [1.807, 2.05) is 56.3 Å². The van der Waals surface area contributed by atoms with Crippen LogP contribution in [0.4, 0.5) is 5.82 Å². The number of pyridine rings is 1. The zero-order valence-corrected chi connectivity index (χ0v) is 20.6. The summed E-state index contributed by atoms with van der Waals surface area (Å²) in [6, 6.07) is 13.0. The van der Waals surface area contributed by atoms with Crippen LogP contribution in [0.1, 0.15) is 48.4 Å². The van der Waals surface area contributed by atoms with Crippen molar-refractivity contribution in [2.45, 2.75) is 39.8 Å². The summed E-state index contributed by atoms with van der Waals surface area (Å²) in [5, 5.41) is 8.73. The fourth-order valence-corrected chi connectivity index (χ4v) is 4.39. The van der Waals surface area contributed by atoms with Gasteiger partial charge >= 0.3 is 0 Å². The summed E-state index contributed by atoms with van der Waals surface area (Å²) < 4.78 is 3.15. The van der Waals surface area contributed by atoms with E-state index in [1.165, 1.54) is 4.52 Å². The van der Waals surface area contributed by atoms with Gasteiger partial charge in [0.05, 0.1) is 11.3 Å². The van der Waals surface area contributed by atoms with Crippen molar-refractivity contribution in [1.82, 2.24) is 24.5 Å². The van der Waals surface area contributed by atoms with E-state index < -0.39 is 11.9 Å². The van der Waals surface area contributed by atoms with Gasteiger partial charge in [-0.3, -0.25) is 9.59 Å². The molecule has 9 heteroatoms. The van der Waals surface area contributed by atoms with Gasteiger partial charge < -0.3 is 15.6 Å². The molecule has 0 aliphatic carbocycles. The summed E-state index contributed by atoms with van der Waals surface area (Å²) >= 11 is 6.32. The van der Waals surface area contributed by atoms with Gasteiger partial charge in [0.15, 0.2) is 11.5 Å². The maximum Gasteiger partial charge on any atom is 0.259 e. The largest absolute Gasteiger partial charge is 0.381 e. The van der Waals surface area contributed by atoms with Crippen LogP contribution in [0, 0.1) is 0 Å². The molecule has 3 heterocycles. The van der Waals surface area contributed by atoms with Crippen LogP contribution in [0.15, 0.2) is 59.7 Å². The number of carbonyl (C=O) groups excluding carboxylic acids is 1. The van der Waals surface area contributed by atoms with Crippen LogP contribution < -0.4 is 27.0 Å². The van der Waals surface area contributed by atoms with Crippen LogP contribution in [0.2, 0.25) is 0 Å². The minimum absolute atomic E-state index is 0.0835. The van der Waals surface area contributed by atoms with Gasteiger partial charge in [-0.1, -0.05) is 48.0 Å². The molecule has 0 fully saturated rings. The second kappa shape index (κ2) is 10.1. The Hall–Kier alpha value is -3.91. The molecule has 1 amide bonds. The van der Waals surface area contributed by atoms with Crippen molar-refractivity contribution in [3.63, 3.8) is 0 Å². The first-order valence-corrected chi connectivity index (χ1v) is 11.7. The lowest BCUT2D eigenvalue weighted by atomic mass is 10.1. The highest BCUT2D eigenvalue weighted by Gasteiger charge is 2.22. The summed E-state index contributed by atoms with van der Waals surface area (Å²) in [6.07, 6.45) is 5.74. The molecule has 0 bridgehead atoms. The standard InChI is InChI=1S/C26H27ClN6O2/c1-4-19-15-20(17(3)30-25(34)22-23(28)31-33-13-8-12-29-24(22)33)32(26(35)21(19)16(2)27)14-11-18-9-6-5-7-10-18/h4-10,12-13,15,17H,11,14H2,1-3H3,(H2,28,31)(H,30,34). The Bertz CT molecular complexity index is 1570. The van der Waals surface area contributed by atoms with Gasteiger partial charge in [-0.25, -0.2) is 9.50 Å². The second-order valence-electron chi connectivity index (χ2n) is 8.26. The van der Waals surface area contributed by atoms with Gasteiger partial charge in [0, 0.05) is 29.7 Å². The number of amides is 1. The highest BCUT2D eigenvalue weighted by Crippen LogP contribution is 2.18. The van der Waals surface area contributed by atoms with E-state index in [2.05, 4.69) is 15.4 Å². The summed E-state index contributed by atoms with van der Waals surface area (Å²) in [6.45, 7) is 5.82. The van der Waals surface area contributed by atoms with Gasteiger partial charge in [-0.2, -0.15) is 0 Å². The van der Waals surface area contributed by atoms with Gasteiger partial charge in [0.25, 0.3) is 11.5 Å². The van der Waals surface area contributed by atoms with Gasteiger partial charge in [-0.15, -0.1) is 5.10 Å². The monoisotopic (exact) mass is 490 g/mol. The number of halogens is 1. The zero-order valence-electron chi connectivity index (χ0n) is 19.8. The Morgan fingerprint density at radius 3 is 2.69 bits per heavy atom. The number of rotatable bonds is 6. The molecule has 35 heavy (non-hydrogen) atoms. The van der Waals surface area contributed by atoms with Crippen LogP contribution in [-0.2, 0) is 13.0 Å². The number of nitrogen functional groups attached to an aromatic ring is 1. The van der Waals surface area contributed by atoms with E-state index in [9.17, 15) is 9.59 Å². The molecular formula is C26H27ClN6O2. The first kappa shape index (κ1) is 24.2. The highest BCUT2D eigenvalue weighted by atomic mass is 35.5. The van der Waals surface area contributed by atoms with Gasteiger partial charge in [0.1, 0.15) is 5.56 Å². The number of benzene rings is 1. The molecule has 3 aromatic heterocycles. The van der Waals surface area contributed by atoms with E-state index in [4.69, 9.17) is 17.3 Å². The van der Waals surface area contributed by atoms with Crippen molar-refractivity contribution in [1.29, 1.82) is 0 Å². The molecule has 4 aromatic rings. The number of anilines is 1. The third kappa shape index (κ3) is 4.83. The average Bonchev–Trinajstić information content (AvgIpc) is 3.18. The zero-order chi connectivity index (χ0) is 25.1. The molecule has 0 aliphatic rings. The van der Waals surface area contributed by atoms with Crippen LogP contribution in [-0.4, -0.2) is 25.1 Å². The van der Waals surface area contributed by atoms with E-state index in [-0.39, 0.29) is 16.9 Å². The minimum Gasteiger partial charge on any atom is -0.381 e. The second-order valence-corrected chi connectivity index (χ2v) is 8.82. The molecule has 1 unspecified atom stereocenters. The molecule has 0 saturated heterocycles. The molecular weight excluding hydrogens is 464 g/mol. The molecule has 0 aliphatic heterocycles. The summed E-state index contributed by atoms with van der Waals surface area (Å²) in [5.74, 6) is -0.336.